The molecule has 2 fully saturated rings. The van der Waals surface area contributed by atoms with Gasteiger partial charge >= 0.3 is 0 Å². The summed E-state index contributed by atoms with van der Waals surface area (Å²) >= 11 is 0. The van der Waals surface area contributed by atoms with Crippen LogP contribution in [0.25, 0.3) is 0 Å². The molecule has 0 aromatic heterocycles. The molecule has 2 aliphatic rings. The van der Waals surface area contributed by atoms with Crippen LogP contribution in [0.5, 0.6) is 0 Å². The lowest BCUT2D eigenvalue weighted by Gasteiger charge is -2.26. The molecule has 4 heteroatoms. The molecule has 4 nitrogen and oxygen atoms in total. The van der Waals surface area contributed by atoms with Gasteiger partial charge in [0.1, 0.15) is 0 Å². The molecule has 126 valence electrons. The number of ether oxygens (including phenoxy) is 2. The molecule has 0 radical (unpaired) electrons. The molecular weight excluding hydrogens is 276 g/mol. The molecule has 0 N–H and O–H groups in total. The summed E-state index contributed by atoms with van der Waals surface area (Å²) in [6.07, 6.45) is 5.01. The summed E-state index contributed by atoms with van der Waals surface area (Å²) in [4.78, 5) is 4.64. The van der Waals surface area contributed by atoms with E-state index >= 15 is 0 Å². The first-order valence-corrected chi connectivity index (χ1v) is 8.72. The van der Waals surface area contributed by atoms with Crippen LogP contribution in [-0.2, 0) is 9.47 Å². The summed E-state index contributed by atoms with van der Waals surface area (Å²) in [5.41, 5.74) is 0. The number of rotatable bonds is 6. The average Bonchev–Trinajstić information content (AvgIpc) is 2.53. The standard InChI is InChI=1S/C18H32N2O2/c1-19(13-17-7-5-11-21-15-17)9-3-4-10-20(2)14-18-8-6-12-22-16-18/h17-18H,5-16H2,1-2H3/t17-,18-/m0/s1. The highest BCUT2D eigenvalue weighted by Gasteiger charge is 2.16. The van der Waals surface area contributed by atoms with Crippen molar-refractivity contribution >= 4 is 0 Å². The van der Waals surface area contributed by atoms with Gasteiger partial charge in [-0.25, -0.2) is 0 Å². The van der Waals surface area contributed by atoms with Crippen molar-refractivity contribution in [2.75, 3.05) is 66.7 Å². The Kier molecular flexibility index (Phi) is 8.25. The highest BCUT2D eigenvalue weighted by Crippen LogP contribution is 2.14. The Labute approximate surface area is 136 Å². The van der Waals surface area contributed by atoms with E-state index < -0.39 is 0 Å². The molecule has 22 heavy (non-hydrogen) atoms. The first kappa shape index (κ1) is 17.7. The van der Waals surface area contributed by atoms with Gasteiger partial charge in [-0.3, -0.25) is 9.80 Å². The summed E-state index contributed by atoms with van der Waals surface area (Å²) in [5, 5.41) is 0. The second-order valence-electron chi connectivity index (χ2n) is 6.91. The SMILES string of the molecule is CN(CC#CCN(C)C[C@@H]1CCCOC1)C[C@@H]1CCCOC1. The van der Waals surface area contributed by atoms with Gasteiger partial charge in [0, 0.05) is 26.3 Å². The Balaban J connectivity index is 1.56. The van der Waals surface area contributed by atoms with Gasteiger partial charge in [0.05, 0.1) is 26.3 Å². The van der Waals surface area contributed by atoms with Gasteiger partial charge in [0.15, 0.2) is 0 Å². The molecule has 2 aliphatic heterocycles. The van der Waals surface area contributed by atoms with Crippen LogP contribution in [0.2, 0.25) is 0 Å². The minimum absolute atomic E-state index is 0.689. The van der Waals surface area contributed by atoms with Crippen molar-refractivity contribution < 1.29 is 9.47 Å². The van der Waals surface area contributed by atoms with E-state index in [1.807, 2.05) is 0 Å². The van der Waals surface area contributed by atoms with E-state index in [1.165, 1.54) is 25.7 Å². The van der Waals surface area contributed by atoms with Crippen LogP contribution >= 0.6 is 0 Å². The molecule has 2 atom stereocenters. The molecular formula is C18H32N2O2. The van der Waals surface area contributed by atoms with Gasteiger partial charge in [0.2, 0.25) is 0 Å². The zero-order chi connectivity index (χ0) is 15.6. The van der Waals surface area contributed by atoms with Crippen LogP contribution in [0.3, 0.4) is 0 Å². The van der Waals surface area contributed by atoms with Gasteiger partial charge in [-0.15, -0.1) is 0 Å². The first-order valence-electron chi connectivity index (χ1n) is 8.72. The van der Waals surface area contributed by atoms with Crippen molar-refractivity contribution in [2.45, 2.75) is 25.7 Å². The van der Waals surface area contributed by atoms with E-state index in [1.54, 1.807) is 0 Å². The average molecular weight is 308 g/mol. The van der Waals surface area contributed by atoms with E-state index in [9.17, 15) is 0 Å². The van der Waals surface area contributed by atoms with Crippen molar-refractivity contribution in [2.24, 2.45) is 11.8 Å². The molecule has 2 rings (SSSR count). The monoisotopic (exact) mass is 308 g/mol. The van der Waals surface area contributed by atoms with Gasteiger partial charge < -0.3 is 9.47 Å². The predicted octanol–water partition coefficient (Wildman–Crippen LogP) is 1.71. The third kappa shape index (κ3) is 7.11. The summed E-state index contributed by atoms with van der Waals surface area (Å²) < 4.78 is 11.1. The molecule has 0 unspecified atom stereocenters. The summed E-state index contributed by atoms with van der Waals surface area (Å²) in [5.74, 6) is 7.99. The number of hydrogen-bond acceptors (Lipinski definition) is 4. The van der Waals surface area contributed by atoms with Gasteiger partial charge in [-0.1, -0.05) is 11.8 Å². The molecule has 0 aliphatic carbocycles. The second-order valence-corrected chi connectivity index (χ2v) is 6.91. The Morgan fingerprint density at radius 3 is 1.64 bits per heavy atom. The molecule has 2 saturated heterocycles. The lowest BCUT2D eigenvalue weighted by atomic mass is 10.0. The van der Waals surface area contributed by atoms with Gasteiger partial charge in [-0.2, -0.15) is 0 Å². The zero-order valence-electron chi connectivity index (χ0n) is 14.4. The summed E-state index contributed by atoms with van der Waals surface area (Å²) in [7, 11) is 4.32. The third-order valence-electron chi connectivity index (χ3n) is 4.47. The fourth-order valence-corrected chi connectivity index (χ4v) is 3.30. The predicted molar refractivity (Wildman–Crippen MR) is 89.9 cm³/mol. The van der Waals surface area contributed by atoms with Crippen LogP contribution in [0.15, 0.2) is 0 Å². The van der Waals surface area contributed by atoms with E-state index in [4.69, 9.17) is 9.47 Å². The van der Waals surface area contributed by atoms with Crippen LogP contribution in [0.1, 0.15) is 25.7 Å². The fraction of sp³-hybridized carbons (Fsp3) is 0.889. The molecule has 0 saturated carbocycles. The summed E-state index contributed by atoms with van der Waals surface area (Å²) in [6, 6.07) is 0. The minimum Gasteiger partial charge on any atom is -0.381 e. The van der Waals surface area contributed by atoms with Gasteiger partial charge in [-0.05, 0) is 51.6 Å². The number of nitrogens with zero attached hydrogens (tertiary/aromatic N) is 2. The first-order chi connectivity index (χ1) is 10.7. The second kappa shape index (κ2) is 10.2. The van der Waals surface area contributed by atoms with E-state index in [-0.39, 0.29) is 0 Å². The highest BCUT2D eigenvalue weighted by atomic mass is 16.5. The molecule has 0 bridgehead atoms. The van der Waals surface area contributed by atoms with Crippen LogP contribution < -0.4 is 0 Å². The van der Waals surface area contributed by atoms with Crippen molar-refractivity contribution in [1.82, 2.24) is 9.80 Å². The molecule has 0 aromatic carbocycles. The van der Waals surface area contributed by atoms with Crippen LogP contribution in [-0.4, -0.2) is 76.5 Å². The van der Waals surface area contributed by atoms with Crippen LogP contribution in [0.4, 0.5) is 0 Å². The van der Waals surface area contributed by atoms with Crippen LogP contribution in [0, 0.1) is 23.7 Å². The lowest BCUT2D eigenvalue weighted by Crippen LogP contribution is -2.32. The Bertz CT molecular complexity index is 320. The Hall–Kier alpha value is -0.600. The number of hydrogen-bond donors (Lipinski definition) is 0. The third-order valence-corrected chi connectivity index (χ3v) is 4.47. The quantitative estimate of drug-likeness (QED) is 0.698. The lowest BCUT2D eigenvalue weighted by molar-refractivity contribution is 0.0433. The maximum Gasteiger partial charge on any atom is 0.0599 e. The van der Waals surface area contributed by atoms with Crippen molar-refractivity contribution in [3.05, 3.63) is 0 Å². The maximum atomic E-state index is 5.53. The van der Waals surface area contributed by atoms with E-state index in [2.05, 4.69) is 35.7 Å². The molecule has 0 spiro atoms. The van der Waals surface area contributed by atoms with Crippen molar-refractivity contribution in [1.29, 1.82) is 0 Å². The molecule has 0 amide bonds. The largest absolute Gasteiger partial charge is 0.381 e. The highest BCUT2D eigenvalue weighted by molar-refractivity contribution is 5.03. The van der Waals surface area contributed by atoms with E-state index in [0.29, 0.717) is 11.8 Å². The minimum atomic E-state index is 0.689. The normalized spacial score (nSPS) is 26.0. The maximum absolute atomic E-state index is 5.53. The zero-order valence-corrected chi connectivity index (χ0v) is 14.4. The Morgan fingerprint density at radius 1 is 0.818 bits per heavy atom. The summed E-state index contributed by atoms with van der Waals surface area (Å²) in [6.45, 7) is 7.65. The molecule has 2 heterocycles. The fourth-order valence-electron chi connectivity index (χ4n) is 3.30. The Morgan fingerprint density at radius 2 is 1.27 bits per heavy atom. The van der Waals surface area contributed by atoms with Crippen molar-refractivity contribution in [3.63, 3.8) is 0 Å². The smallest absolute Gasteiger partial charge is 0.0599 e. The van der Waals surface area contributed by atoms with E-state index in [0.717, 1.165) is 52.6 Å². The van der Waals surface area contributed by atoms with Gasteiger partial charge in [0.25, 0.3) is 0 Å². The van der Waals surface area contributed by atoms with Crippen molar-refractivity contribution in [3.8, 4) is 11.8 Å². The topological polar surface area (TPSA) is 24.9 Å². The molecule has 0 aromatic rings.